The maximum absolute atomic E-state index is 9.71. The van der Waals surface area contributed by atoms with Gasteiger partial charge in [0.15, 0.2) is 6.29 Å². The van der Waals surface area contributed by atoms with Crippen LogP contribution in [0.5, 0.6) is 0 Å². The van der Waals surface area contributed by atoms with E-state index in [1.54, 1.807) is 0 Å². The van der Waals surface area contributed by atoms with Crippen LogP contribution in [0.4, 0.5) is 0 Å². The van der Waals surface area contributed by atoms with E-state index in [4.69, 9.17) is 9.47 Å². The summed E-state index contributed by atoms with van der Waals surface area (Å²) < 4.78 is 11.9. The van der Waals surface area contributed by atoms with E-state index in [0.29, 0.717) is 5.92 Å². The summed E-state index contributed by atoms with van der Waals surface area (Å²) in [5.41, 5.74) is -0.389. The predicted octanol–water partition coefficient (Wildman–Crippen LogP) is 4.67. The fraction of sp³-hybridized carbons (Fsp3) is 0.944. The van der Waals surface area contributed by atoms with E-state index in [1.807, 2.05) is 0 Å². The molecule has 3 nitrogen and oxygen atoms in total. The lowest BCUT2D eigenvalue weighted by Gasteiger charge is -2.42. The zero-order valence-corrected chi connectivity index (χ0v) is 13.8. The second-order valence-corrected chi connectivity index (χ2v) is 7.01. The summed E-state index contributed by atoms with van der Waals surface area (Å²) in [6.07, 6.45) is 10.1. The van der Waals surface area contributed by atoms with Crippen molar-refractivity contribution in [3.05, 3.63) is 0 Å². The van der Waals surface area contributed by atoms with Crippen LogP contribution >= 0.6 is 0 Å². The molecule has 0 bridgehead atoms. The number of hydrogen-bond acceptors (Lipinski definition) is 3. The number of ether oxygens (including phenoxy) is 2. The number of nitrogens with zero attached hydrogens (tertiary/aromatic N) is 1. The van der Waals surface area contributed by atoms with E-state index in [9.17, 15) is 5.26 Å². The van der Waals surface area contributed by atoms with Crippen LogP contribution in [-0.2, 0) is 9.47 Å². The smallest absolute Gasteiger partial charge is 0.176 e. The number of nitriles is 1. The van der Waals surface area contributed by atoms with Gasteiger partial charge in [-0.15, -0.1) is 0 Å². The molecular weight excluding hydrogens is 262 g/mol. The molecule has 3 heteroatoms. The highest BCUT2D eigenvalue weighted by Crippen LogP contribution is 2.45. The Bertz CT molecular complexity index is 334. The van der Waals surface area contributed by atoms with Gasteiger partial charge >= 0.3 is 0 Å². The Balaban J connectivity index is 1.84. The predicted molar refractivity (Wildman–Crippen MR) is 83.6 cm³/mol. The van der Waals surface area contributed by atoms with Crippen LogP contribution in [0.25, 0.3) is 0 Å². The van der Waals surface area contributed by atoms with Crippen LogP contribution in [-0.4, -0.2) is 19.5 Å². The highest BCUT2D eigenvalue weighted by molar-refractivity contribution is 5.04. The molecular formula is C18H31NO2. The van der Waals surface area contributed by atoms with Crippen molar-refractivity contribution in [1.82, 2.24) is 0 Å². The van der Waals surface area contributed by atoms with Crippen molar-refractivity contribution in [2.45, 2.75) is 77.9 Å². The fourth-order valence-electron chi connectivity index (χ4n) is 3.81. The topological polar surface area (TPSA) is 42.2 Å². The van der Waals surface area contributed by atoms with Crippen LogP contribution in [0.3, 0.4) is 0 Å². The molecule has 0 unspecified atom stereocenters. The number of unbranched alkanes of at least 4 members (excludes halogenated alkanes) is 1. The zero-order chi connectivity index (χ0) is 15.1. The molecule has 1 heterocycles. The molecule has 0 N–H and O–H groups in total. The van der Waals surface area contributed by atoms with E-state index < -0.39 is 0 Å². The third kappa shape index (κ3) is 4.20. The first-order valence-electron chi connectivity index (χ1n) is 8.88. The second kappa shape index (κ2) is 8.15. The minimum Gasteiger partial charge on any atom is -0.351 e. The minimum absolute atomic E-state index is 0.289. The van der Waals surface area contributed by atoms with Gasteiger partial charge in [0.25, 0.3) is 0 Å². The monoisotopic (exact) mass is 293 g/mol. The number of hydrogen-bond donors (Lipinski definition) is 0. The maximum atomic E-state index is 9.71. The molecule has 0 atom stereocenters. The summed E-state index contributed by atoms with van der Waals surface area (Å²) in [5, 5.41) is 9.71. The summed E-state index contributed by atoms with van der Waals surface area (Å²) in [6, 6.07) is 2.56. The molecule has 0 aromatic heterocycles. The first kappa shape index (κ1) is 16.8. The van der Waals surface area contributed by atoms with Crippen molar-refractivity contribution in [3.63, 3.8) is 0 Å². The van der Waals surface area contributed by atoms with Crippen LogP contribution < -0.4 is 0 Å². The Hall–Kier alpha value is -0.590. The van der Waals surface area contributed by atoms with Crippen LogP contribution in [0.2, 0.25) is 0 Å². The lowest BCUT2D eigenvalue weighted by molar-refractivity contribution is -0.247. The third-order valence-electron chi connectivity index (χ3n) is 5.30. The van der Waals surface area contributed by atoms with Crippen molar-refractivity contribution in [3.8, 4) is 6.07 Å². The quantitative estimate of drug-likeness (QED) is 0.715. The van der Waals surface area contributed by atoms with Crippen LogP contribution in [0.1, 0.15) is 71.6 Å². The molecule has 1 saturated carbocycles. The molecule has 0 aromatic carbocycles. The highest BCUT2D eigenvalue weighted by atomic mass is 16.7. The molecule has 1 aliphatic carbocycles. The van der Waals surface area contributed by atoms with E-state index in [0.717, 1.165) is 44.8 Å². The third-order valence-corrected chi connectivity index (χ3v) is 5.30. The minimum atomic E-state index is -0.389. The van der Waals surface area contributed by atoms with Gasteiger partial charge in [-0.2, -0.15) is 5.26 Å². The summed E-state index contributed by atoms with van der Waals surface area (Å²) in [4.78, 5) is 0. The fourth-order valence-corrected chi connectivity index (χ4v) is 3.81. The summed E-state index contributed by atoms with van der Waals surface area (Å²) in [7, 11) is 0. The molecule has 0 aromatic rings. The Morgan fingerprint density at radius 3 is 2.19 bits per heavy atom. The van der Waals surface area contributed by atoms with E-state index >= 15 is 0 Å². The van der Waals surface area contributed by atoms with E-state index in [-0.39, 0.29) is 11.7 Å². The molecule has 0 spiro atoms. The van der Waals surface area contributed by atoms with Crippen molar-refractivity contribution >= 4 is 0 Å². The van der Waals surface area contributed by atoms with Gasteiger partial charge in [0, 0.05) is 5.92 Å². The lowest BCUT2D eigenvalue weighted by Crippen LogP contribution is -2.45. The number of rotatable bonds is 6. The largest absolute Gasteiger partial charge is 0.351 e. The van der Waals surface area contributed by atoms with Gasteiger partial charge in [-0.25, -0.2) is 0 Å². The molecule has 0 amide bonds. The molecule has 120 valence electrons. The van der Waals surface area contributed by atoms with Gasteiger partial charge in [0.2, 0.25) is 0 Å². The van der Waals surface area contributed by atoms with Gasteiger partial charge < -0.3 is 9.47 Å². The molecule has 21 heavy (non-hydrogen) atoms. The van der Waals surface area contributed by atoms with E-state index in [2.05, 4.69) is 19.9 Å². The molecule has 0 radical (unpaired) electrons. The van der Waals surface area contributed by atoms with Crippen molar-refractivity contribution in [2.75, 3.05) is 13.2 Å². The lowest BCUT2D eigenvalue weighted by atomic mass is 9.69. The summed E-state index contributed by atoms with van der Waals surface area (Å²) >= 11 is 0. The first-order valence-corrected chi connectivity index (χ1v) is 8.88. The summed E-state index contributed by atoms with van der Waals surface area (Å²) in [6.45, 7) is 6.00. The van der Waals surface area contributed by atoms with Gasteiger partial charge in [0.05, 0.1) is 19.3 Å². The Morgan fingerprint density at radius 2 is 1.67 bits per heavy atom. The Labute approximate surface area is 130 Å². The molecule has 2 fully saturated rings. The average Bonchev–Trinajstić information content (AvgIpc) is 2.55. The van der Waals surface area contributed by atoms with Gasteiger partial charge in [-0.1, -0.05) is 39.5 Å². The average molecular weight is 293 g/mol. The normalized spacial score (nSPS) is 37.1. The second-order valence-electron chi connectivity index (χ2n) is 7.01. The highest BCUT2D eigenvalue weighted by Gasteiger charge is 2.45. The molecule has 1 aliphatic heterocycles. The van der Waals surface area contributed by atoms with Crippen LogP contribution in [0, 0.1) is 28.6 Å². The van der Waals surface area contributed by atoms with Gasteiger partial charge in [0.1, 0.15) is 5.41 Å². The Kier molecular flexibility index (Phi) is 6.51. The van der Waals surface area contributed by atoms with Crippen LogP contribution in [0.15, 0.2) is 0 Å². The maximum Gasteiger partial charge on any atom is 0.176 e. The molecule has 1 saturated heterocycles. The van der Waals surface area contributed by atoms with Crippen molar-refractivity contribution < 1.29 is 9.47 Å². The standard InChI is InChI=1S/C18H31NO2/c1-3-5-7-16-12-20-17(21-13-16)18(14-19)10-8-15(6-4-2)9-11-18/h15-17H,3-13H2,1-2H3. The molecule has 2 rings (SSSR count). The Morgan fingerprint density at radius 1 is 1.00 bits per heavy atom. The SMILES string of the molecule is CCCCC1COC(C2(C#N)CCC(CCC)CC2)OC1. The van der Waals surface area contributed by atoms with E-state index in [1.165, 1.54) is 32.1 Å². The van der Waals surface area contributed by atoms with Crippen molar-refractivity contribution in [2.24, 2.45) is 17.3 Å². The van der Waals surface area contributed by atoms with Gasteiger partial charge in [-0.05, 0) is 38.0 Å². The molecule has 2 aliphatic rings. The zero-order valence-electron chi connectivity index (χ0n) is 13.8. The van der Waals surface area contributed by atoms with Gasteiger partial charge in [-0.3, -0.25) is 0 Å². The first-order chi connectivity index (χ1) is 10.2. The van der Waals surface area contributed by atoms with Crippen molar-refractivity contribution in [1.29, 1.82) is 5.26 Å². The summed E-state index contributed by atoms with van der Waals surface area (Å²) in [5.74, 6) is 1.32.